The number of carbonyl (C=O) groups is 2. The minimum Gasteiger partial charge on any atom is -0.368 e. The molecule has 2 fully saturated rings. The SMILES string of the molecule is CC(C)NC(=O)C1CCN(C(=O)[C@@H]2CO[C@H]3C=CC=C[C@@H]3O2)CC1. The number of amides is 2. The van der Waals surface area contributed by atoms with Crippen LogP contribution >= 0.6 is 0 Å². The molecule has 0 radical (unpaired) electrons. The maximum Gasteiger partial charge on any atom is 0.254 e. The summed E-state index contributed by atoms with van der Waals surface area (Å²) in [5.41, 5.74) is 0. The van der Waals surface area contributed by atoms with Gasteiger partial charge in [-0.25, -0.2) is 0 Å². The van der Waals surface area contributed by atoms with Crippen molar-refractivity contribution in [2.75, 3.05) is 19.7 Å². The molecule has 0 unspecified atom stereocenters. The van der Waals surface area contributed by atoms with Crippen LogP contribution in [-0.4, -0.2) is 60.8 Å². The molecule has 1 N–H and O–H groups in total. The van der Waals surface area contributed by atoms with E-state index in [0.717, 1.165) is 0 Å². The Morgan fingerprint density at radius 2 is 1.79 bits per heavy atom. The van der Waals surface area contributed by atoms with Gasteiger partial charge in [-0.15, -0.1) is 0 Å². The van der Waals surface area contributed by atoms with Gasteiger partial charge in [0.15, 0.2) is 6.10 Å². The molecule has 0 spiro atoms. The number of hydrogen-bond donors (Lipinski definition) is 1. The van der Waals surface area contributed by atoms with Gasteiger partial charge in [0.1, 0.15) is 12.2 Å². The van der Waals surface area contributed by atoms with Crippen LogP contribution < -0.4 is 5.32 Å². The number of ether oxygens (including phenoxy) is 2. The monoisotopic (exact) mass is 334 g/mol. The number of hydrogen-bond acceptors (Lipinski definition) is 4. The predicted molar refractivity (Wildman–Crippen MR) is 89.3 cm³/mol. The highest BCUT2D eigenvalue weighted by atomic mass is 16.6. The lowest BCUT2D eigenvalue weighted by molar-refractivity contribution is -0.177. The number of nitrogens with zero attached hydrogens (tertiary/aromatic N) is 1. The normalized spacial score (nSPS) is 30.3. The van der Waals surface area contributed by atoms with Crippen molar-refractivity contribution in [2.45, 2.75) is 51.0 Å². The number of piperidine rings is 1. The number of allylic oxidation sites excluding steroid dienone is 2. The summed E-state index contributed by atoms with van der Waals surface area (Å²) in [6.07, 6.45) is 8.28. The van der Waals surface area contributed by atoms with Crippen molar-refractivity contribution in [2.24, 2.45) is 5.92 Å². The number of rotatable bonds is 3. The highest BCUT2D eigenvalue weighted by Crippen LogP contribution is 2.23. The van der Waals surface area contributed by atoms with E-state index in [9.17, 15) is 9.59 Å². The Labute approximate surface area is 142 Å². The summed E-state index contributed by atoms with van der Waals surface area (Å²) in [4.78, 5) is 26.5. The summed E-state index contributed by atoms with van der Waals surface area (Å²) in [5, 5.41) is 2.95. The Morgan fingerprint density at radius 1 is 1.12 bits per heavy atom. The average Bonchev–Trinajstić information content (AvgIpc) is 2.60. The van der Waals surface area contributed by atoms with Gasteiger partial charge in [0.25, 0.3) is 5.91 Å². The zero-order chi connectivity index (χ0) is 17.1. The summed E-state index contributed by atoms with van der Waals surface area (Å²) in [6, 6.07) is 0.149. The van der Waals surface area contributed by atoms with E-state index >= 15 is 0 Å². The number of nitrogens with one attached hydrogen (secondary N) is 1. The summed E-state index contributed by atoms with van der Waals surface area (Å²) in [7, 11) is 0. The standard InChI is InChI=1S/C18H26N2O4/c1-12(2)19-17(21)13-7-9-20(10-8-13)18(22)16-11-23-14-5-3-4-6-15(14)24-16/h3-6,12-16H,7-11H2,1-2H3,(H,19,21)/t14-,15-,16-/m0/s1. The molecule has 2 amide bonds. The molecule has 3 rings (SSSR count). The molecule has 0 aromatic rings. The van der Waals surface area contributed by atoms with E-state index in [4.69, 9.17) is 9.47 Å². The first-order valence-corrected chi connectivity index (χ1v) is 8.76. The van der Waals surface area contributed by atoms with E-state index in [2.05, 4.69) is 5.32 Å². The number of fused-ring (bicyclic) bond motifs is 1. The molecule has 6 heteroatoms. The van der Waals surface area contributed by atoms with Crippen molar-refractivity contribution in [1.29, 1.82) is 0 Å². The molecule has 24 heavy (non-hydrogen) atoms. The summed E-state index contributed by atoms with van der Waals surface area (Å²) in [6.45, 7) is 5.39. The van der Waals surface area contributed by atoms with Crippen LogP contribution in [0.1, 0.15) is 26.7 Å². The average molecular weight is 334 g/mol. The number of carbonyl (C=O) groups excluding carboxylic acids is 2. The van der Waals surface area contributed by atoms with Crippen LogP contribution in [0.2, 0.25) is 0 Å². The molecule has 0 aromatic heterocycles. The zero-order valence-corrected chi connectivity index (χ0v) is 14.3. The van der Waals surface area contributed by atoms with Crippen LogP contribution in [0.4, 0.5) is 0 Å². The van der Waals surface area contributed by atoms with Crippen molar-refractivity contribution >= 4 is 11.8 Å². The van der Waals surface area contributed by atoms with Gasteiger partial charge < -0.3 is 19.7 Å². The fourth-order valence-electron chi connectivity index (χ4n) is 3.36. The van der Waals surface area contributed by atoms with Crippen LogP contribution in [0.3, 0.4) is 0 Å². The highest BCUT2D eigenvalue weighted by Gasteiger charge is 2.37. The van der Waals surface area contributed by atoms with Gasteiger partial charge in [-0.2, -0.15) is 0 Å². The zero-order valence-electron chi connectivity index (χ0n) is 14.3. The fraction of sp³-hybridized carbons (Fsp3) is 0.667. The molecule has 3 aliphatic rings. The first-order chi connectivity index (χ1) is 11.5. The Balaban J connectivity index is 1.49. The third-order valence-electron chi connectivity index (χ3n) is 4.68. The van der Waals surface area contributed by atoms with Crippen molar-refractivity contribution < 1.29 is 19.1 Å². The molecule has 6 nitrogen and oxygen atoms in total. The predicted octanol–water partition coefficient (Wildman–Crippen LogP) is 1.03. The van der Waals surface area contributed by atoms with Gasteiger partial charge in [-0.05, 0) is 26.7 Å². The van der Waals surface area contributed by atoms with Gasteiger partial charge in [0, 0.05) is 25.0 Å². The topological polar surface area (TPSA) is 67.9 Å². The lowest BCUT2D eigenvalue weighted by atomic mass is 9.95. The Kier molecular flexibility index (Phi) is 5.36. The second kappa shape index (κ2) is 7.49. The van der Waals surface area contributed by atoms with Gasteiger partial charge in [-0.1, -0.05) is 24.3 Å². The Morgan fingerprint density at radius 3 is 2.46 bits per heavy atom. The first-order valence-electron chi connectivity index (χ1n) is 8.76. The van der Waals surface area contributed by atoms with Crippen LogP contribution in [-0.2, 0) is 19.1 Å². The molecule has 1 aliphatic carbocycles. The fourth-order valence-corrected chi connectivity index (χ4v) is 3.36. The van der Waals surface area contributed by atoms with E-state index in [-0.39, 0.29) is 42.6 Å². The largest absolute Gasteiger partial charge is 0.368 e. The van der Waals surface area contributed by atoms with Crippen LogP contribution in [0.15, 0.2) is 24.3 Å². The van der Waals surface area contributed by atoms with E-state index in [1.165, 1.54) is 0 Å². The quantitative estimate of drug-likeness (QED) is 0.837. The van der Waals surface area contributed by atoms with E-state index < -0.39 is 6.10 Å². The van der Waals surface area contributed by atoms with E-state index in [1.54, 1.807) is 4.90 Å². The second-order valence-electron chi connectivity index (χ2n) is 6.92. The van der Waals surface area contributed by atoms with Gasteiger partial charge in [0.05, 0.1) is 6.61 Å². The Bertz CT molecular complexity index is 535. The molecule has 2 saturated heterocycles. The summed E-state index contributed by atoms with van der Waals surface area (Å²) in [5.74, 6) is 0.0613. The third-order valence-corrected chi connectivity index (χ3v) is 4.68. The van der Waals surface area contributed by atoms with Crippen LogP contribution in [0, 0.1) is 5.92 Å². The van der Waals surface area contributed by atoms with Crippen molar-refractivity contribution in [3.8, 4) is 0 Å². The Hall–Kier alpha value is -1.66. The van der Waals surface area contributed by atoms with Crippen molar-refractivity contribution in [1.82, 2.24) is 10.2 Å². The highest BCUT2D eigenvalue weighted by molar-refractivity contribution is 5.82. The molecule has 2 aliphatic heterocycles. The minimum absolute atomic E-state index is 0.00392. The molecule has 3 atom stereocenters. The molecule has 0 saturated carbocycles. The summed E-state index contributed by atoms with van der Waals surface area (Å²) < 4.78 is 11.6. The lowest BCUT2D eigenvalue weighted by Crippen LogP contribution is -2.53. The van der Waals surface area contributed by atoms with Gasteiger partial charge >= 0.3 is 0 Å². The smallest absolute Gasteiger partial charge is 0.254 e. The van der Waals surface area contributed by atoms with E-state index in [1.807, 2.05) is 38.2 Å². The van der Waals surface area contributed by atoms with E-state index in [0.29, 0.717) is 25.9 Å². The minimum atomic E-state index is -0.552. The maximum absolute atomic E-state index is 12.7. The summed E-state index contributed by atoms with van der Waals surface area (Å²) >= 11 is 0. The van der Waals surface area contributed by atoms with Gasteiger partial charge in [-0.3, -0.25) is 9.59 Å². The maximum atomic E-state index is 12.7. The van der Waals surface area contributed by atoms with Crippen LogP contribution in [0.5, 0.6) is 0 Å². The van der Waals surface area contributed by atoms with Crippen LogP contribution in [0.25, 0.3) is 0 Å². The molecule has 0 aromatic carbocycles. The molecule has 0 bridgehead atoms. The third kappa shape index (κ3) is 3.87. The van der Waals surface area contributed by atoms with Gasteiger partial charge in [0.2, 0.25) is 5.91 Å². The molecule has 2 heterocycles. The number of likely N-dealkylation sites (tertiary alicyclic amines) is 1. The molecular weight excluding hydrogens is 308 g/mol. The molecule has 132 valence electrons. The van der Waals surface area contributed by atoms with Crippen molar-refractivity contribution in [3.05, 3.63) is 24.3 Å². The lowest BCUT2D eigenvalue weighted by Gasteiger charge is -2.38. The van der Waals surface area contributed by atoms with Crippen molar-refractivity contribution in [3.63, 3.8) is 0 Å². The molecular formula is C18H26N2O4. The second-order valence-corrected chi connectivity index (χ2v) is 6.92. The first kappa shape index (κ1) is 17.2.